The van der Waals surface area contributed by atoms with E-state index < -0.39 is 0 Å². The maximum atomic E-state index is 5.40. The second kappa shape index (κ2) is 3.53. The number of nitrogens with zero attached hydrogens (tertiary/aromatic N) is 2. The smallest absolute Gasteiger partial charge is 0.219 e. The molecule has 0 spiro atoms. The zero-order valence-corrected chi connectivity index (χ0v) is 7.33. The van der Waals surface area contributed by atoms with Crippen LogP contribution in [0.15, 0.2) is 18.5 Å². The summed E-state index contributed by atoms with van der Waals surface area (Å²) in [6, 6.07) is 0. The Morgan fingerprint density at radius 2 is 2.08 bits per heavy atom. The number of nitrogens with two attached hydrogens (primary N) is 1. The lowest BCUT2D eigenvalue weighted by atomic mass is 10.0. The first kappa shape index (κ1) is 8.19. The van der Waals surface area contributed by atoms with E-state index >= 15 is 0 Å². The van der Waals surface area contributed by atoms with E-state index in [0.29, 0.717) is 5.95 Å². The Bertz CT molecular complexity index is 315. The molecule has 0 radical (unpaired) electrons. The summed E-state index contributed by atoms with van der Waals surface area (Å²) in [6.07, 6.45) is 6.75. The van der Waals surface area contributed by atoms with Crippen molar-refractivity contribution >= 4 is 11.5 Å². The molecule has 0 aliphatic carbocycles. The Morgan fingerprint density at radius 3 is 2.69 bits per heavy atom. The second-order valence-electron chi connectivity index (χ2n) is 3.01. The van der Waals surface area contributed by atoms with Crippen LogP contribution in [0.3, 0.4) is 0 Å². The Balaban J connectivity index is 2.24. The summed E-state index contributed by atoms with van der Waals surface area (Å²) in [5.74, 6) is 0.332. The molecular formula is C9H12N4. The number of rotatable bonds is 1. The van der Waals surface area contributed by atoms with E-state index in [1.54, 1.807) is 12.4 Å². The summed E-state index contributed by atoms with van der Waals surface area (Å²) < 4.78 is 0. The van der Waals surface area contributed by atoms with Crippen LogP contribution in [0.1, 0.15) is 12.0 Å². The van der Waals surface area contributed by atoms with Crippen molar-refractivity contribution in [1.82, 2.24) is 15.3 Å². The second-order valence-corrected chi connectivity index (χ2v) is 3.01. The summed E-state index contributed by atoms with van der Waals surface area (Å²) in [7, 11) is 0. The monoisotopic (exact) mass is 176 g/mol. The highest BCUT2D eigenvalue weighted by molar-refractivity contribution is 5.65. The molecule has 3 N–H and O–H groups in total. The first-order valence-electron chi connectivity index (χ1n) is 4.34. The predicted octanol–water partition coefficient (Wildman–Crippen LogP) is 0.436. The molecule has 2 rings (SSSR count). The molecule has 4 heteroatoms. The highest BCUT2D eigenvalue weighted by atomic mass is 15.0. The van der Waals surface area contributed by atoms with Gasteiger partial charge in [0, 0.05) is 24.5 Å². The molecule has 0 aromatic carbocycles. The van der Waals surface area contributed by atoms with Crippen molar-refractivity contribution in [2.45, 2.75) is 6.42 Å². The third-order valence-electron chi connectivity index (χ3n) is 2.11. The standard InChI is InChI=1S/C9H12N4/c10-9-12-5-8(6-13-9)7-1-3-11-4-2-7/h1,5-6,11H,2-4H2,(H2,10,12,13). The van der Waals surface area contributed by atoms with Gasteiger partial charge in [0.15, 0.2) is 0 Å². The van der Waals surface area contributed by atoms with Gasteiger partial charge >= 0.3 is 0 Å². The van der Waals surface area contributed by atoms with E-state index in [2.05, 4.69) is 21.4 Å². The minimum absolute atomic E-state index is 0.332. The number of hydrogen-bond donors (Lipinski definition) is 2. The molecule has 1 aromatic heterocycles. The Kier molecular flexibility index (Phi) is 2.23. The average molecular weight is 176 g/mol. The molecule has 0 atom stereocenters. The number of hydrogen-bond acceptors (Lipinski definition) is 4. The van der Waals surface area contributed by atoms with Crippen LogP contribution in [-0.4, -0.2) is 23.1 Å². The molecule has 1 aliphatic rings. The lowest BCUT2D eigenvalue weighted by Crippen LogP contribution is -2.20. The van der Waals surface area contributed by atoms with Gasteiger partial charge in [-0.15, -0.1) is 0 Å². The van der Waals surface area contributed by atoms with E-state index in [1.165, 1.54) is 5.57 Å². The molecule has 0 unspecified atom stereocenters. The van der Waals surface area contributed by atoms with Crippen LogP contribution in [0.5, 0.6) is 0 Å². The van der Waals surface area contributed by atoms with Crippen LogP contribution in [0, 0.1) is 0 Å². The number of aromatic nitrogens is 2. The molecule has 2 heterocycles. The number of nitrogen functional groups attached to an aromatic ring is 1. The van der Waals surface area contributed by atoms with Crippen molar-refractivity contribution in [1.29, 1.82) is 0 Å². The highest BCUT2D eigenvalue weighted by Gasteiger charge is 2.05. The van der Waals surface area contributed by atoms with Crippen LogP contribution in [0.4, 0.5) is 5.95 Å². The zero-order valence-electron chi connectivity index (χ0n) is 7.33. The van der Waals surface area contributed by atoms with Crippen molar-refractivity contribution in [3.63, 3.8) is 0 Å². The van der Waals surface area contributed by atoms with Gasteiger partial charge in [0.1, 0.15) is 0 Å². The fraction of sp³-hybridized carbons (Fsp3) is 0.333. The van der Waals surface area contributed by atoms with E-state index in [9.17, 15) is 0 Å². The first-order valence-corrected chi connectivity index (χ1v) is 4.34. The average Bonchev–Trinajstić information content (AvgIpc) is 2.20. The maximum Gasteiger partial charge on any atom is 0.219 e. The van der Waals surface area contributed by atoms with Gasteiger partial charge in [0.2, 0.25) is 5.95 Å². The number of anilines is 1. The fourth-order valence-electron chi connectivity index (χ4n) is 1.39. The van der Waals surface area contributed by atoms with Crippen molar-refractivity contribution in [3.8, 4) is 0 Å². The Labute approximate surface area is 76.9 Å². The van der Waals surface area contributed by atoms with Crippen LogP contribution in [-0.2, 0) is 0 Å². The molecule has 68 valence electrons. The molecule has 0 saturated carbocycles. The summed E-state index contributed by atoms with van der Waals surface area (Å²) >= 11 is 0. The van der Waals surface area contributed by atoms with Gasteiger partial charge in [-0.25, -0.2) is 9.97 Å². The SMILES string of the molecule is Nc1ncc(C2=CCNCC2)cn1. The minimum Gasteiger partial charge on any atom is -0.368 e. The zero-order chi connectivity index (χ0) is 9.10. The van der Waals surface area contributed by atoms with E-state index in [1.807, 2.05) is 0 Å². The summed E-state index contributed by atoms with van der Waals surface area (Å²) in [6.45, 7) is 1.95. The third-order valence-corrected chi connectivity index (χ3v) is 2.11. The van der Waals surface area contributed by atoms with E-state index in [-0.39, 0.29) is 0 Å². The number of nitrogens with one attached hydrogen (secondary N) is 1. The van der Waals surface area contributed by atoms with Crippen molar-refractivity contribution in [2.24, 2.45) is 0 Å². The predicted molar refractivity (Wildman–Crippen MR) is 51.9 cm³/mol. The van der Waals surface area contributed by atoms with E-state index in [0.717, 1.165) is 25.1 Å². The van der Waals surface area contributed by atoms with E-state index in [4.69, 9.17) is 5.73 Å². The first-order chi connectivity index (χ1) is 6.36. The summed E-state index contributed by atoms with van der Waals surface area (Å²) in [5.41, 5.74) is 7.79. The van der Waals surface area contributed by atoms with Crippen LogP contribution in [0.25, 0.3) is 5.57 Å². The Hall–Kier alpha value is -1.42. The van der Waals surface area contributed by atoms with Gasteiger partial charge in [-0.1, -0.05) is 6.08 Å². The van der Waals surface area contributed by atoms with Gasteiger partial charge in [0.25, 0.3) is 0 Å². The third kappa shape index (κ3) is 1.84. The molecular weight excluding hydrogens is 164 g/mol. The molecule has 0 fully saturated rings. The molecule has 0 saturated heterocycles. The van der Waals surface area contributed by atoms with Crippen LogP contribution < -0.4 is 11.1 Å². The minimum atomic E-state index is 0.332. The fourth-order valence-corrected chi connectivity index (χ4v) is 1.39. The summed E-state index contributed by atoms with van der Waals surface area (Å²) in [5, 5.41) is 3.25. The molecule has 4 nitrogen and oxygen atoms in total. The van der Waals surface area contributed by atoms with Crippen LogP contribution >= 0.6 is 0 Å². The normalized spacial score (nSPS) is 16.8. The van der Waals surface area contributed by atoms with Crippen molar-refractivity contribution < 1.29 is 0 Å². The largest absolute Gasteiger partial charge is 0.368 e. The van der Waals surface area contributed by atoms with Gasteiger partial charge in [-0.2, -0.15) is 0 Å². The molecule has 13 heavy (non-hydrogen) atoms. The molecule has 0 bridgehead atoms. The molecule has 0 amide bonds. The maximum absolute atomic E-state index is 5.40. The molecule has 1 aromatic rings. The van der Waals surface area contributed by atoms with Crippen molar-refractivity contribution in [3.05, 3.63) is 24.0 Å². The quantitative estimate of drug-likeness (QED) is 0.651. The topological polar surface area (TPSA) is 63.8 Å². The molecule has 1 aliphatic heterocycles. The summed E-state index contributed by atoms with van der Waals surface area (Å²) in [4.78, 5) is 7.92. The van der Waals surface area contributed by atoms with Gasteiger partial charge < -0.3 is 11.1 Å². The van der Waals surface area contributed by atoms with Gasteiger partial charge in [-0.3, -0.25) is 0 Å². The lowest BCUT2D eigenvalue weighted by molar-refractivity contribution is 0.738. The van der Waals surface area contributed by atoms with Gasteiger partial charge in [-0.05, 0) is 18.5 Å². The lowest BCUT2D eigenvalue weighted by Gasteiger charge is -2.13. The Morgan fingerprint density at radius 1 is 1.31 bits per heavy atom. The van der Waals surface area contributed by atoms with Gasteiger partial charge in [0.05, 0.1) is 0 Å². The van der Waals surface area contributed by atoms with Crippen molar-refractivity contribution in [2.75, 3.05) is 18.8 Å². The highest BCUT2D eigenvalue weighted by Crippen LogP contribution is 2.17. The van der Waals surface area contributed by atoms with Crippen LogP contribution in [0.2, 0.25) is 0 Å².